The molecule has 1 aromatic rings. The molecule has 1 saturated heterocycles. The molecule has 1 aromatic carbocycles. The van der Waals surface area contributed by atoms with Crippen molar-refractivity contribution in [3.8, 4) is 0 Å². The van der Waals surface area contributed by atoms with Crippen LogP contribution in [0.5, 0.6) is 0 Å². The summed E-state index contributed by atoms with van der Waals surface area (Å²) in [5.41, 5.74) is 1.65. The molecule has 1 aliphatic carbocycles. The third kappa shape index (κ3) is 2.98. The number of carbonyl (C=O) groups excluding carboxylic acids is 5. The van der Waals surface area contributed by atoms with Crippen LogP contribution >= 0.6 is 0 Å². The van der Waals surface area contributed by atoms with Gasteiger partial charge in [0.25, 0.3) is 0 Å². The first-order valence-corrected chi connectivity index (χ1v) is 9.52. The maximum Gasteiger partial charge on any atom is 0.334 e. The lowest BCUT2D eigenvalue weighted by atomic mass is 9.85. The van der Waals surface area contributed by atoms with Crippen LogP contribution in [0, 0.1) is 5.92 Å². The summed E-state index contributed by atoms with van der Waals surface area (Å²) in [7, 11) is 0. The minimum absolute atomic E-state index is 0.131. The van der Waals surface area contributed by atoms with E-state index in [2.05, 4.69) is 5.32 Å². The van der Waals surface area contributed by atoms with Gasteiger partial charge >= 0.3 is 17.8 Å². The van der Waals surface area contributed by atoms with E-state index < -0.39 is 30.2 Å². The number of hydrogen-bond donors (Lipinski definition) is 1. The van der Waals surface area contributed by atoms with Crippen molar-refractivity contribution < 1.29 is 24.0 Å². The number of nitrogens with zero attached hydrogens (tertiary/aromatic N) is 2. The molecule has 0 radical (unpaired) electrons. The van der Waals surface area contributed by atoms with E-state index in [0.29, 0.717) is 23.2 Å². The zero-order chi connectivity index (χ0) is 20.0. The average molecular weight is 383 g/mol. The summed E-state index contributed by atoms with van der Waals surface area (Å²) in [6.45, 7) is 1.49. The Labute approximate surface area is 161 Å². The second-order valence-electron chi connectivity index (χ2n) is 7.70. The van der Waals surface area contributed by atoms with E-state index in [1.807, 2.05) is 6.92 Å². The van der Waals surface area contributed by atoms with Gasteiger partial charge in [0.1, 0.15) is 0 Å². The number of rotatable bonds is 4. The summed E-state index contributed by atoms with van der Waals surface area (Å²) in [6, 6.07) is 3.75. The molecule has 0 bridgehead atoms. The number of benzene rings is 1. The Balaban J connectivity index is 1.52. The molecule has 2 aliphatic heterocycles. The number of hydrogen-bond acceptors (Lipinski definition) is 5. The Kier molecular flexibility index (Phi) is 4.49. The topological polar surface area (TPSA) is 104 Å². The number of nitrogens with one attached hydrogen (secondary N) is 1. The van der Waals surface area contributed by atoms with Crippen LogP contribution in [0.1, 0.15) is 48.5 Å². The molecule has 5 amide bonds. The summed E-state index contributed by atoms with van der Waals surface area (Å²) in [5, 5.41) is 2.68. The van der Waals surface area contributed by atoms with Crippen LogP contribution < -0.4 is 5.32 Å². The quantitative estimate of drug-likeness (QED) is 0.484. The second-order valence-corrected chi connectivity index (χ2v) is 7.70. The zero-order valence-corrected chi connectivity index (χ0v) is 15.6. The van der Waals surface area contributed by atoms with Gasteiger partial charge in [-0.25, -0.2) is 9.69 Å². The molecular formula is C20H21N3O5. The number of urea groups is 1. The molecule has 4 rings (SSSR count). The highest BCUT2D eigenvalue weighted by atomic mass is 16.2. The predicted molar refractivity (Wildman–Crippen MR) is 98.5 cm³/mol. The average Bonchev–Trinajstić information content (AvgIpc) is 3.14. The molecule has 1 saturated carbocycles. The summed E-state index contributed by atoms with van der Waals surface area (Å²) in [4.78, 5) is 63.5. The molecule has 2 fully saturated rings. The minimum atomic E-state index is -0.950. The third-order valence-electron chi connectivity index (χ3n) is 5.84. The monoisotopic (exact) mass is 383 g/mol. The molecule has 1 N–H and O–H groups in total. The predicted octanol–water partition coefficient (Wildman–Crippen LogP) is 1.73. The number of carbonyl (C=O) groups is 5. The summed E-state index contributed by atoms with van der Waals surface area (Å²) < 4.78 is 0. The molecule has 146 valence electrons. The van der Waals surface area contributed by atoms with Crippen molar-refractivity contribution in [2.45, 2.75) is 45.1 Å². The fourth-order valence-electron chi connectivity index (χ4n) is 4.27. The summed E-state index contributed by atoms with van der Waals surface area (Å²) >= 11 is 0. The Hall–Kier alpha value is -3.03. The number of amides is 5. The number of fused-ring (bicyclic) bond motifs is 1. The number of anilines is 1. The second kappa shape index (κ2) is 6.85. The van der Waals surface area contributed by atoms with E-state index in [9.17, 15) is 24.0 Å². The maximum atomic E-state index is 12.8. The molecular weight excluding hydrogens is 362 g/mol. The Morgan fingerprint density at radius 2 is 1.86 bits per heavy atom. The summed E-state index contributed by atoms with van der Waals surface area (Å²) in [6.07, 6.45) is 3.71. The van der Waals surface area contributed by atoms with E-state index in [-0.39, 0.29) is 24.3 Å². The molecule has 3 aliphatic rings. The summed E-state index contributed by atoms with van der Waals surface area (Å²) in [5.74, 6) is -2.26. The molecule has 2 atom stereocenters. The number of ketones is 1. The van der Waals surface area contributed by atoms with Gasteiger partial charge in [-0.3, -0.25) is 24.1 Å². The van der Waals surface area contributed by atoms with E-state index in [1.54, 1.807) is 18.2 Å². The number of imide groups is 2. The van der Waals surface area contributed by atoms with E-state index in [4.69, 9.17) is 0 Å². The van der Waals surface area contributed by atoms with Crippen LogP contribution in [0.2, 0.25) is 0 Å². The van der Waals surface area contributed by atoms with Crippen LogP contribution in [0.3, 0.4) is 0 Å². The molecule has 8 nitrogen and oxygen atoms in total. The van der Waals surface area contributed by atoms with E-state index in [0.717, 1.165) is 29.1 Å². The van der Waals surface area contributed by atoms with Gasteiger partial charge in [0.05, 0.1) is 13.0 Å². The molecule has 28 heavy (non-hydrogen) atoms. The van der Waals surface area contributed by atoms with Crippen molar-refractivity contribution in [2.24, 2.45) is 5.92 Å². The smallest absolute Gasteiger partial charge is 0.326 e. The zero-order valence-electron chi connectivity index (χ0n) is 15.6. The molecule has 0 unspecified atom stereocenters. The maximum absolute atomic E-state index is 12.8. The van der Waals surface area contributed by atoms with Gasteiger partial charge in [0.15, 0.2) is 5.78 Å². The fourth-order valence-corrected chi connectivity index (χ4v) is 4.27. The minimum Gasteiger partial charge on any atom is -0.326 e. The highest BCUT2D eigenvalue weighted by Crippen LogP contribution is 2.31. The van der Waals surface area contributed by atoms with Crippen molar-refractivity contribution in [1.82, 2.24) is 9.80 Å². The van der Waals surface area contributed by atoms with Gasteiger partial charge in [-0.2, -0.15) is 0 Å². The Morgan fingerprint density at radius 1 is 1.11 bits per heavy atom. The van der Waals surface area contributed by atoms with Gasteiger partial charge in [-0.15, -0.1) is 0 Å². The fraction of sp³-hybridized carbons (Fsp3) is 0.450. The van der Waals surface area contributed by atoms with Crippen molar-refractivity contribution in [3.05, 3.63) is 29.3 Å². The van der Waals surface area contributed by atoms with Crippen molar-refractivity contribution >= 4 is 35.2 Å². The molecule has 2 heterocycles. The van der Waals surface area contributed by atoms with Gasteiger partial charge in [-0.05, 0) is 42.5 Å². The van der Waals surface area contributed by atoms with E-state index in [1.165, 1.54) is 0 Å². The highest BCUT2D eigenvalue weighted by Gasteiger charge is 2.49. The lowest BCUT2D eigenvalue weighted by Crippen LogP contribution is -2.46. The largest absolute Gasteiger partial charge is 0.334 e. The van der Waals surface area contributed by atoms with Crippen molar-refractivity contribution in [3.63, 3.8) is 0 Å². The van der Waals surface area contributed by atoms with Gasteiger partial charge < -0.3 is 5.32 Å². The lowest BCUT2D eigenvalue weighted by molar-refractivity contribution is -0.144. The van der Waals surface area contributed by atoms with Gasteiger partial charge in [0.2, 0.25) is 5.91 Å². The van der Waals surface area contributed by atoms with Crippen LogP contribution in [0.15, 0.2) is 18.2 Å². The van der Waals surface area contributed by atoms with E-state index >= 15 is 0 Å². The first-order chi connectivity index (χ1) is 13.4. The van der Waals surface area contributed by atoms with Crippen LogP contribution in [-0.4, -0.2) is 51.9 Å². The first kappa shape index (κ1) is 18.3. The van der Waals surface area contributed by atoms with Crippen molar-refractivity contribution in [2.75, 3.05) is 11.9 Å². The Bertz CT molecular complexity index is 909. The SMILES string of the molecule is C[C@H]1CCCC[C@@H]1N1C(=O)C(=O)N(CC(=O)c2ccc3c(c2)CC(=O)N3)C1=O. The highest BCUT2D eigenvalue weighted by molar-refractivity contribution is 6.45. The van der Waals surface area contributed by atoms with Gasteiger partial charge in [-0.1, -0.05) is 19.8 Å². The van der Waals surface area contributed by atoms with Crippen LogP contribution in [0.4, 0.5) is 10.5 Å². The molecule has 0 aromatic heterocycles. The normalized spacial score (nSPS) is 24.6. The van der Waals surface area contributed by atoms with Crippen LogP contribution in [0.25, 0.3) is 0 Å². The molecule has 0 spiro atoms. The van der Waals surface area contributed by atoms with Crippen molar-refractivity contribution in [1.29, 1.82) is 0 Å². The molecule has 8 heteroatoms. The Morgan fingerprint density at radius 3 is 2.61 bits per heavy atom. The van der Waals surface area contributed by atoms with Crippen LogP contribution in [-0.2, 0) is 20.8 Å². The number of Topliss-reactive ketones (excluding diaryl/α,β-unsaturated/α-hetero) is 1. The lowest BCUT2D eigenvalue weighted by Gasteiger charge is -2.34. The van der Waals surface area contributed by atoms with Gasteiger partial charge in [0, 0.05) is 17.3 Å². The first-order valence-electron chi connectivity index (χ1n) is 9.52. The third-order valence-corrected chi connectivity index (χ3v) is 5.84. The standard InChI is InChI=1S/C20H21N3O5/c1-11-4-2-3-5-15(11)23-19(27)18(26)22(20(23)28)10-16(24)12-6-7-14-13(8-12)9-17(25)21-14/h6-8,11,15H,2-5,9-10H2,1H3,(H,21,25)/t11-,15-/m0/s1.